The van der Waals surface area contributed by atoms with Gasteiger partial charge in [0.25, 0.3) is 5.91 Å². The van der Waals surface area contributed by atoms with Gasteiger partial charge in [0, 0.05) is 6.42 Å². The number of anilines is 1. The number of nitrogens with one attached hydrogen (secondary N) is 1. The summed E-state index contributed by atoms with van der Waals surface area (Å²) in [5, 5.41) is 2.76. The highest BCUT2D eigenvalue weighted by Crippen LogP contribution is 2.30. The zero-order valence-electron chi connectivity index (χ0n) is 10.2. The van der Waals surface area contributed by atoms with E-state index in [4.69, 9.17) is 5.73 Å². The molecule has 0 radical (unpaired) electrons. The van der Waals surface area contributed by atoms with Crippen LogP contribution in [-0.4, -0.2) is 16.8 Å². The van der Waals surface area contributed by atoms with Gasteiger partial charge >= 0.3 is 0 Å². The Balaban J connectivity index is 1.80. The van der Waals surface area contributed by atoms with Gasteiger partial charge in [-0.25, -0.2) is 4.98 Å². The first-order valence-electron chi connectivity index (χ1n) is 6.21. The fraction of sp³-hybridized carbons (Fsp3) is 0.462. The minimum absolute atomic E-state index is 0.00414. The quantitative estimate of drug-likeness (QED) is 0.830. The molecule has 1 fully saturated rings. The van der Waals surface area contributed by atoms with Crippen LogP contribution in [0.1, 0.15) is 42.6 Å². The topological polar surface area (TPSA) is 85.1 Å². The van der Waals surface area contributed by atoms with Gasteiger partial charge in [-0.2, -0.15) is 0 Å². The van der Waals surface area contributed by atoms with Crippen LogP contribution in [0.2, 0.25) is 0 Å². The molecule has 0 saturated heterocycles. The number of primary amides is 1. The normalized spacial score (nSPS) is 14.9. The van der Waals surface area contributed by atoms with Crippen molar-refractivity contribution in [2.24, 2.45) is 11.7 Å². The molecular weight excluding hydrogens is 230 g/mol. The van der Waals surface area contributed by atoms with Crippen LogP contribution in [0.3, 0.4) is 0 Å². The van der Waals surface area contributed by atoms with Crippen molar-refractivity contribution in [3.63, 3.8) is 0 Å². The fourth-order valence-corrected chi connectivity index (χ4v) is 1.95. The molecule has 0 unspecified atom stereocenters. The minimum atomic E-state index is -0.571. The van der Waals surface area contributed by atoms with Gasteiger partial charge in [0.05, 0.1) is 11.9 Å². The van der Waals surface area contributed by atoms with E-state index in [1.54, 1.807) is 6.07 Å². The van der Waals surface area contributed by atoms with Crippen molar-refractivity contribution in [3.05, 3.63) is 24.0 Å². The first-order valence-corrected chi connectivity index (χ1v) is 6.21. The molecular formula is C13H17N3O2. The number of hydrogen-bond donors (Lipinski definition) is 2. The lowest BCUT2D eigenvalue weighted by atomic mass is 9.82. The average Bonchev–Trinajstić information content (AvgIpc) is 2.27. The third kappa shape index (κ3) is 3.29. The molecule has 0 aliphatic heterocycles. The molecule has 1 aliphatic rings. The summed E-state index contributed by atoms with van der Waals surface area (Å²) in [6.07, 6.45) is 6.75. The zero-order valence-corrected chi connectivity index (χ0v) is 10.2. The molecule has 2 amide bonds. The molecule has 1 aromatic heterocycles. The van der Waals surface area contributed by atoms with Crippen LogP contribution < -0.4 is 11.1 Å². The number of aromatic nitrogens is 1. The van der Waals surface area contributed by atoms with Gasteiger partial charge in [-0.3, -0.25) is 9.59 Å². The van der Waals surface area contributed by atoms with E-state index in [-0.39, 0.29) is 11.6 Å². The summed E-state index contributed by atoms with van der Waals surface area (Å²) >= 11 is 0. The fourth-order valence-electron chi connectivity index (χ4n) is 1.95. The Morgan fingerprint density at radius 2 is 2.17 bits per heavy atom. The standard InChI is InChI=1S/C13H17N3O2/c14-13(18)11-6-5-10(8-15-11)16-12(17)7-4-9-2-1-3-9/h5-6,8-9H,1-4,7H2,(H2,14,18)(H,16,17). The van der Waals surface area contributed by atoms with Crippen LogP contribution in [0.25, 0.3) is 0 Å². The maximum absolute atomic E-state index is 11.6. The number of rotatable bonds is 5. The van der Waals surface area contributed by atoms with Gasteiger partial charge in [0.1, 0.15) is 5.69 Å². The van der Waals surface area contributed by atoms with Crippen LogP contribution in [0, 0.1) is 5.92 Å². The second-order valence-corrected chi connectivity index (χ2v) is 4.68. The van der Waals surface area contributed by atoms with Crippen molar-refractivity contribution in [1.82, 2.24) is 4.98 Å². The summed E-state index contributed by atoms with van der Waals surface area (Å²) in [5.74, 6) is 0.152. The van der Waals surface area contributed by atoms with Gasteiger partial charge in [-0.15, -0.1) is 0 Å². The molecule has 1 aromatic rings. The van der Waals surface area contributed by atoms with Crippen molar-refractivity contribution >= 4 is 17.5 Å². The summed E-state index contributed by atoms with van der Waals surface area (Å²) in [6.45, 7) is 0. The lowest BCUT2D eigenvalue weighted by molar-refractivity contribution is -0.116. The predicted molar refractivity (Wildman–Crippen MR) is 68.0 cm³/mol. The van der Waals surface area contributed by atoms with Gasteiger partial charge in [-0.05, 0) is 24.5 Å². The summed E-state index contributed by atoms with van der Waals surface area (Å²) in [7, 11) is 0. The van der Waals surface area contributed by atoms with Gasteiger partial charge in [0.2, 0.25) is 5.91 Å². The third-order valence-electron chi connectivity index (χ3n) is 3.30. The van der Waals surface area contributed by atoms with Crippen molar-refractivity contribution in [3.8, 4) is 0 Å². The summed E-state index contributed by atoms with van der Waals surface area (Å²) in [4.78, 5) is 26.3. The van der Waals surface area contributed by atoms with Crippen molar-refractivity contribution < 1.29 is 9.59 Å². The Morgan fingerprint density at radius 3 is 2.67 bits per heavy atom. The van der Waals surface area contributed by atoms with E-state index >= 15 is 0 Å². The number of carbonyl (C=O) groups is 2. The molecule has 1 saturated carbocycles. The molecule has 96 valence electrons. The monoisotopic (exact) mass is 247 g/mol. The lowest BCUT2D eigenvalue weighted by Gasteiger charge is -2.24. The summed E-state index contributed by atoms with van der Waals surface area (Å²) in [5.41, 5.74) is 5.87. The predicted octanol–water partition coefficient (Wildman–Crippen LogP) is 1.70. The smallest absolute Gasteiger partial charge is 0.267 e. The van der Waals surface area contributed by atoms with Crippen LogP contribution in [0.15, 0.2) is 18.3 Å². The number of hydrogen-bond acceptors (Lipinski definition) is 3. The Morgan fingerprint density at radius 1 is 1.39 bits per heavy atom. The Hall–Kier alpha value is -1.91. The Kier molecular flexibility index (Phi) is 3.92. The Bertz CT molecular complexity index is 438. The molecule has 18 heavy (non-hydrogen) atoms. The molecule has 5 heteroatoms. The van der Waals surface area contributed by atoms with Gasteiger partial charge in [0.15, 0.2) is 0 Å². The van der Waals surface area contributed by atoms with E-state index < -0.39 is 5.91 Å². The highest BCUT2D eigenvalue weighted by atomic mass is 16.2. The molecule has 1 heterocycles. The minimum Gasteiger partial charge on any atom is -0.364 e. The van der Waals surface area contributed by atoms with Crippen molar-refractivity contribution in [2.45, 2.75) is 32.1 Å². The molecule has 2 rings (SSSR count). The number of pyridine rings is 1. The van der Waals surface area contributed by atoms with Crippen molar-refractivity contribution in [1.29, 1.82) is 0 Å². The molecule has 5 nitrogen and oxygen atoms in total. The summed E-state index contributed by atoms with van der Waals surface area (Å²) in [6, 6.07) is 3.14. The van der Waals surface area contributed by atoms with Crippen LogP contribution in [0.5, 0.6) is 0 Å². The van der Waals surface area contributed by atoms with Crippen LogP contribution in [-0.2, 0) is 4.79 Å². The largest absolute Gasteiger partial charge is 0.364 e. The molecule has 1 aliphatic carbocycles. The SMILES string of the molecule is NC(=O)c1ccc(NC(=O)CCC2CCC2)cn1. The maximum atomic E-state index is 11.6. The first-order chi connectivity index (χ1) is 8.65. The van der Waals surface area contributed by atoms with Gasteiger partial charge < -0.3 is 11.1 Å². The highest BCUT2D eigenvalue weighted by molar-refractivity contribution is 5.92. The molecule has 3 N–H and O–H groups in total. The van der Waals surface area contributed by atoms with E-state index in [9.17, 15) is 9.59 Å². The van der Waals surface area contributed by atoms with E-state index in [0.29, 0.717) is 12.1 Å². The average molecular weight is 247 g/mol. The molecule has 0 spiro atoms. The van der Waals surface area contributed by atoms with Crippen LogP contribution >= 0.6 is 0 Å². The zero-order chi connectivity index (χ0) is 13.0. The van der Waals surface area contributed by atoms with Gasteiger partial charge in [-0.1, -0.05) is 19.3 Å². The van der Waals surface area contributed by atoms with E-state index in [1.165, 1.54) is 31.5 Å². The number of nitrogens with zero attached hydrogens (tertiary/aromatic N) is 1. The second-order valence-electron chi connectivity index (χ2n) is 4.68. The lowest BCUT2D eigenvalue weighted by Crippen LogP contribution is -2.17. The maximum Gasteiger partial charge on any atom is 0.267 e. The third-order valence-corrected chi connectivity index (χ3v) is 3.30. The van der Waals surface area contributed by atoms with E-state index in [1.807, 2.05) is 0 Å². The second kappa shape index (κ2) is 5.62. The number of amides is 2. The van der Waals surface area contributed by atoms with E-state index in [0.717, 1.165) is 12.3 Å². The first kappa shape index (κ1) is 12.5. The van der Waals surface area contributed by atoms with Crippen LogP contribution in [0.4, 0.5) is 5.69 Å². The number of carbonyl (C=O) groups excluding carboxylic acids is 2. The molecule has 0 atom stereocenters. The van der Waals surface area contributed by atoms with E-state index in [2.05, 4.69) is 10.3 Å². The molecule has 0 bridgehead atoms. The highest BCUT2D eigenvalue weighted by Gasteiger charge is 2.18. The number of nitrogens with two attached hydrogens (primary N) is 1. The van der Waals surface area contributed by atoms with Crippen molar-refractivity contribution in [2.75, 3.05) is 5.32 Å². The molecule has 0 aromatic carbocycles. The summed E-state index contributed by atoms with van der Waals surface area (Å²) < 4.78 is 0. The Labute approximate surface area is 106 Å².